The molecule has 1 N–H and O–H groups in total. The van der Waals surface area contributed by atoms with E-state index in [-0.39, 0.29) is 23.7 Å². The fourth-order valence-corrected chi connectivity index (χ4v) is 3.89. The van der Waals surface area contributed by atoms with E-state index in [1.165, 1.54) is 12.5 Å². The highest BCUT2D eigenvalue weighted by Gasteiger charge is 2.36. The van der Waals surface area contributed by atoms with E-state index in [1.54, 1.807) is 18.2 Å². The highest BCUT2D eigenvalue weighted by Crippen LogP contribution is 2.36. The molecule has 1 aliphatic rings. The van der Waals surface area contributed by atoms with Crippen molar-refractivity contribution in [1.82, 2.24) is 0 Å². The number of benzene rings is 1. The third-order valence-corrected chi connectivity index (χ3v) is 5.56. The SMILES string of the molecule is CC1CC[C@@H](C(C)C)[C@H](OC(=O)[C@H](Nc2ccccc2[N+](=O)[O-])C(C)C)C1. The highest BCUT2D eigenvalue weighted by molar-refractivity contribution is 5.81. The second-order valence-corrected chi connectivity index (χ2v) is 8.44. The smallest absolute Gasteiger partial charge is 0.329 e. The van der Waals surface area contributed by atoms with Gasteiger partial charge in [-0.05, 0) is 42.6 Å². The average molecular weight is 376 g/mol. The summed E-state index contributed by atoms with van der Waals surface area (Å²) in [5.41, 5.74) is 0.304. The first-order chi connectivity index (χ1) is 12.7. The minimum Gasteiger partial charge on any atom is -0.461 e. The number of hydrogen-bond donors (Lipinski definition) is 1. The van der Waals surface area contributed by atoms with E-state index in [0.717, 1.165) is 12.8 Å². The molecule has 6 heteroatoms. The zero-order valence-electron chi connectivity index (χ0n) is 17.0. The van der Waals surface area contributed by atoms with E-state index >= 15 is 0 Å². The number of nitro groups is 1. The summed E-state index contributed by atoms with van der Waals surface area (Å²) in [7, 11) is 0. The molecular formula is C21H32N2O4. The predicted molar refractivity (Wildman–Crippen MR) is 107 cm³/mol. The normalized spacial score (nSPS) is 23.9. The van der Waals surface area contributed by atoms with Gasteiger partial charge < -0.3 is 10.1 Å². The Balaban J connectivity index is 2.16. The molecule has 0 radical (unpaired) electrons. The van der Waals surface area contributed by atoms with Crippen LogP contribution in [0.1, 0.15) is 53.9 Å². The van der Waals surface area contributed by atoms with Crippen molar-refractivity contribution in [2.24, 2.45) is 23.7 Å². The number of nitrogens with one attached hydrogen (secondary N) is 1. The first-order valence-electron chi connectivity index (χ1n) is 9.91. The summed E-state index contributed by atoms with van der Waals surface area (Å²) in [6.45, 7) is 10.4. The van der Waals surface area contributed by atoms with Crippen molar-refractivity contribution in [2.75, 3.05) is 5.32 Å². The predicted octanol–water partition coefficient (Wildman–Crippen LogP) is 5.04. The minimum atomic E-state index is -0.629. The summed E-state index contributed by atoms with van der Waals surface area (Å²) < 4.78 is 5.96. The zero-order valence-corrected chi connectivity index (χ0v) is 17.0. The van der Waals surface area contributed by atoms with Crippen LogP contribution in [0, 0.1) is 33.8 Å². The summed E-state index contributed by atoms with van der Waals surface area (Å²) in [5, 5.41) is 14.3. The molecule has 1 aromatic carbocycles. The largest absolute Gasteiger partial charge is 0.461 e. The molecule has 0 heterocycles. The summed E-state index contributed by atoms with van der Waals surface area (Å²) in [6, 6.07) is 5.76. The van der Waals surface area contributed by atoms with Gasteiger partial charge in [0.2, 0.25) is 0 Å². The van der Waals surface area contributed by atoms with Crippen molar-refractivity contribution in [3.05, 3.63) is 34.4 Å². The molecule has 1 fully saturated rings. The van der Waals surface area contributed by atoms with Crippen LogP contribution < -0.4 is 5.32 Å². The lowest BCUT2D eigenvalue weighted by Gasteiger charge is -2.37. The zero-order chi connectivity index (χ0) is 20.1. The Bertz CT molecular complexity index is 659. The standard InChI is InChI=1S/C21H32N2O4/c1-13(2)16-11-10-15(5)12-19(16)27-21(24)20(14(3)4)22-17-8-6-7-9-18(17)23(25)26/h6-9,13-16,19-20,22H,10-12H2,1-5H3/t15?,16-,19+,20+/m0/s1. The summed E-state index contributed by atoms with van der Waals surface area (Å²) in [5.74, 6) is 0.974. The van der Waals surface area contributed by atoms with Crippen LogP contribution in [0.25, 0.3) is 0 Å². The molecule has 0 saturated heterocycles. The van der Waals surface area contributed by atoms with Crippen LogP contribution in [-0.2, 0) is 9.53 Å². The first kappa shape index (κ1) is 21.2. The Morgan fingerprint density at radius 1 is 1.22 bits per heavy atom. The lowest BCUT2D eigenvalue weighted by Crippen LogP contribution is -2.42. The number of carbonyl (C=O) groups excluding carboxylic acids is 1. The Labute approximate surface area is 161 Å². The molecule has 6 nitrogen and oxygen atoms in total. The monoisotopic (exact) mass is 376 g/mol. The lowest BCUT2D eigenvalue weighted by atomic mass is 9.75. The number of ether oxygens (including phenoxy) is 1. The van der Waals surface area contributed by atoms with Crippen molar-refractivity contribution in [3.63, 3.8) is 0 Å². The highest BCUT2D eigenvalue weighted by atomic mass is 16.6. The van der Waals surface area contributed by atoms with Crippen LogP contribution in [-0.4, -0.2) is 23.0 Å². The molecule has 1 aliphatic carbocycles. The molecular weight excluding hydrogens is 344 g/mol. The van der Waals surface area contributed by atoms with Crippen molar-refractivity contribution in [1.29, 1.82) is 0 Å². The van der Waals surface area contributed by atoms with E-state index in [4.69, 9.17) is 4.74 Å². The Morgan fingerprint density at radius 3 is 2.48 bits per heavy atom. The van der Waals surface area contributed by atoms with Crippen molar-refractivity contribution >= 4 is 17.3 Å². The van der Waals surface area contributed by atoms with Gasteiger partial charge in [0, 0.05) is 6.07 Å². The fraction of sp³-hybridized carbons (Fsp3) is 0.667. The lowest BCUT2D eigenvalue weighted by molar-refractivity contribution is -0.384. The minimum absolute atomic E-state index is 0.0395. The molecule has 0 amide bonds. The molecule has 4 atom stereocenters. The maximum atomic E-state index is 13.0. The number of nitro benzene ring substituents is 1. The number of hydrogen-bond acceptors (Lipinski definition) is 5. The number of para-hydroxylation sites is 2. The summed E-state index contributed by atoms with van der Waals surface area (Å²) in [4.78, 5) is 23.8. The van der Waals surface area contributed by atoms with Crippen LogP contribution in [0.5, 0.6) is 0 Å². The van der Waals surface area contributed by atoms with E-state index in [0.29, 0.717) is 23.4 Å². The average Bonchev–Trinajstić information content (AvgIpc) is 2.59. The number of nitrogens with zero attached hydrogens (tertiary/aromatic N) is 1. The summed E-state index contributed by atoms with van der Waals surface area (Å²) >= 11 is 0. The van der Waals surface area contributed by atoms with Crippen LogP contribution in [0.15, 0.2) is 24.3 Å². The van der Waals surface area contributed by atoms with E-state index < -0.39 is 11.0 Å². The Kier molecular flexibility index (Phi) is 7.22. The van der Waals surface area contributed by atoms with Gasteiger partial charge in [0.15, 0.2) is 0 Å². The van der Waals surface area contributed by atoms with Gasteiger partial charge in [-0.1, -0.05) is 53.2 Å². The van der Waals surface area contributed by atoms with Crippen molar-refractivity contribution in [2.45, 2.75) is 66.0 Å². The van der Waals surface area contributed by atoms with Crippen molar-refractivity contribution < 1.29 is 14.5 Å². The third kappa shape index (κ3) is 5.44. The molecule has 1 saturated carbocycles. The maximum Gasteiger partial charge on any atom is 0.329 e. The molecule has 0 bridgehead atoms. The van der Waals surface area contributed by atoms with Crippen LogP contribution in [0.4, 0.5) is 11.4 Å². The Hall–Kier alpha value is -2.11. The van der Waals surface area contributed by atoms with Gasteiger partial charge in [-0.3, -0.25) is 10.1 Å². The van der Waals surface area contributed by atoms with Gasteiger partial charge >= 0.3 is 5.97 Å². The van der Waals surface area contributed by atoms with Crippen molar-refractivity contribution in [3.8, 4) is 0 Å². The number of esters is 1. The molecule has 27 heavy (non-hydrogen) atoms. The van der Waals surface area contributed by atoms with Gasteiger partial charge in [0.1, 0.15) is 17.8 Å². The van der Waals surface area contributed by atoms with Gasteiger partial charge in [0.05, 0.1) is 4.92 Å². The van der Waals surface area contributed by atoms with E-state index in [9.17, 15) is 14.9 Å². The third-order valence-electron chi connectivity index (χ3n) is 5.56. The number of carbonyl (C=O) groups is 1. The Morgan fingerprint density at radius 2 is 1.89 bits per heavy atom. The molecule has 0 aromatic heterocycles. The van der Waals surface area contributed by atoms with Gasteiger partial charge in [-0.2, -0.15) is 0 Å². The van der Waals surface area contributed by atoms with Gasteiger partial charge in [-0.15, -0.1) is 0 Å². The van der Waals surface area contributed by atoms with Gasteiger partial charge in [-0.25, -0.2) is 4.79 Å². The molecule has 2 rings (SSSR count). The van der Waals surface area contributed by atoms with Gasteiger partial charge in [0.25, 0.3) is 5.69 Å². The second-order valence-electron chi connectivity index (χ2n) is 8.44. The molecule has 150 valence electrons. The molecule has 0 spiro atoms. The first-order valence-corrected chi connectivity index (χ1v) is 9.91. The quantitative estimate of drug-likeness (QED) is 0.410. The molecule has 0 aliphatic heterocycles. The van der Waals surface area contributed by atoms with Crippen LogP contribution in [0.3, 0.4) is 0 Å². The fourth-order valence-electron chi connectivity index (χ4n) is 3.89. The number of rotatable bonds is 7. The second kappa shape index (κ2) is 9.20. The topological polar surface area (TPSA) is 81.5 Å². The van der Waals surface area contributed by atoms with E-state index in [2.05, 4.69) is 26.1 Å². The summed E-state index contributed by atoms with van der Waals surface area (Å²) in [6.07, 6.45) is 3.03. The van der Waals surface area contributed by atoms with E-state index in [1.807, 2.05) is 13.8 Å². The molecule has 1 unspecified atom stereocenters. The molecule has 1 aromatic rings. The number of anilines is 1. The maximum absolute atomic E-state index is 13.0. The van der Waals surface area contributed by atoms with Crippen LogP contribution in [0.2, 0.25) is 0 Å². The van der Waals surface area contributed by atoms with Crippen LogP contribution >= 0.6 is 0 Å².